The lowest BCUT2D eigenvalue weighted by Crippen LogP contribution is -2.46. The van der Waals surface area contributed by atoms with Crippen LogP contribution in [0.3, 0.4) is 0 Å². The summed E-state index contributed by atoms with van der Waals surface area (Å²) >= 11 is 1.41. The number of alkyl halides is 2. The van der Waals surface area contributed by atoms with Crippen LogP contribution >= 0.6 is 11.3 Å². The molecule has 0 bridgehead atoms. The van der Waals surface area contributed by atoms with Gasteiger partial charge in [-0.2, -0.15) is 8.78 Å². The van der Waals surface area contributed by atoms with E-state index in [0.29, 0.717) is 41.8 Å². The molecule has 2 heterocycles. The van der Waals surface area contributed by atoms with Crippen LogP contribution in [0.2, 0.25) is 0 Å². The average Bonchev–Trinajstić information content (AvgIpc) is 3.62. The third kappa shape index (κ3) is 5.28. The van der Waals surface area contributed by atoms with Crippen LogP contribution in [0.5, 0.6) is 0 Å². The third-order valence-corrected chi connectivity index (χ3v) is 7.55. The number of primary amides is 1. The van der Waals surface area contributed by atoms with Crippen LogP contribution in [0, 0.1) is 5.41 Å². The number of nitrogens with two attached hydrogens (primary N) is 2. The molecule has 198 valence electrons. The SMILES string of the molecule is N=C(N)c1csc(CNC(=O)C2CCCN2C(=O)Cc2ccc3c(c2)-c2ccccc2C3(F)F)c1.NC=O. The first-order chi connectivity index (χ1) is 18.2. The highest BCUT2D eigenvalue weighted by molar-refractivity contribution is 7.10. The first kappa shape index (κ1) is 26.9. The maximum Gasteiger partial charge on any atom is 0.299 e. The van der Waals surface area contributed by atoms with Gasteiger partial charge in [0.25, 0.3) is 5.92 Å². The van der Waals surface area contributed by atoms with Crippen LogP contribution in [-0.2, 0) is 33.3 Å². The zero-order chi connectivity index (χ0) is 27.4. The van der Waals surface area contributed by atoms with Gasteiger partial charge in [0.1, 0.15) is 11.9 Å². The Kier molecular flexibility index (Phi) is 7.86. The summed E-state index contributed by atoms with van der Waals surface area (Å²) in [7, 11) is 0. The number of nitrogen functional groups attached to an aromatic ring is 1. The molecular formula is C27H27F2N5O3S. The number of amides is 3. The summed E-state index contributed by atoms with van der Waals surface area (Å²) < 4.78 is 29.6. The van der Waals surface area contributed by atoms with Gasteiger partial charge < -0.3 is 21.7 Å². The number of hydrogen-bond donors (Lipinski definition) is 4. The standard InChI is InChI=1S/C26H24F2N4O2S.CH3NO/c27-26(28)20-5-2-1-4-18(20)19-10-15(7-8-21(19)26)11-23(33)32-9-3-6-22(32)25(34)31-13-17-12-16(14-35-17)24(29)30;2-1-3/h1-2,4-5,7-8,10,12,14,22H,3,6,9,11,13H2,(H3,29,30)(H,31,34);1H,(H2,2,3). The van der Waals surface area contributed by atoms with Gasteiger partial charge in [-0.15, -0.1) is 11.3 Å². The fourth-order valence-corrected chi connectivity index (χ4v) is 5.68. The predicted molar refractivity (Wildman–Crippen MR) is 141 cm³/mol. The highest BCUT2D eigenvalue weighted by Crippen LogP contribution is 2.51. The molecule has 6 N–H and O–H groups in total. The normalized spacial score (nSPS) is 16.6. The second-order valence-electron chi connectivity index (χ2n) is 8.99. The minimum absolute atomic E-state index is 0.0177. The molecule has 1 aliphatic carbocycles. The minimum Gasteiger partial charge on any atom is -0.384 e. The molecule has 1 unspecified atom stereocenters. The number of rotatable bonds is 6. The molecule has 1 saturated heterocycles. The van der Waals surface area contributed by atoms with Gasteiger partial charge in [0.05, 0.1) is 13.0 Å². The molecule has 0 saturated carbocycles. The van der Waals surface area contributed by atoms with Crippen LogP contribution in [0.25, 0.3) is 11.1 Å². The van der Waals surface area contributed by atoms with E-state index in [-0.39, 0.29) is 41.6 Å². The highest BCUT2D eigenvalue weighted by Gasteiger charge is 2.44. The maximum atomic E-state index is 14.8. The third-order valence-electron chi connectivity index (χ3n) is 6.61. The number of benzene rings is 2. The van der Waals surface area contributed by atoms with Crippen LogP contribution in [0.1, 0.15) is 40.0 Å². The van der Waals surface area contributed by atoms with Gasteiger partial charge in [0, 0.05) is 33.5 Å². The molecule has 5 rings (SSSR count). The van der Waals surface area contributed by atoms with E-state index in [4.69, 9.17) is 15.9 Å². The number of nitrogens with one attached hydrogen (secondary N) is 2. The maximum absolute atomic E-state index is 14.8. The minimum atomic E-state index is -3.06. The molecular weight excluding hydrogens is 512 g/mol. The Labute approximate surface area is 222 Å². The topological polar surface area (TPSA) is 142 Å². The Morgan fingerprint density at radius 1 is 1.16 bits per heavy atom. The van der Waals surface area contributed by atoms with E-state index in [0.717, 1.165) is 11.3 Å². The number of carbonyl (C=O) groups is 3. The fraction of sp³-hybridized carbons (Fsp3) is 0.259. The van der Waals surface area contributed by atoms with Crippen molar-refractivity contribution in [3.8, 4) is 11.1 Å². The summed E-state index contributed by atoms with van der Waals surface area (Å²) in [6.07, 6.45) is 1.59. The second kappa shape index (κ2) is 11.1. The van der Waals surface area contributed by atoms with Gasteiger partial charge in [-0.1, -0.05) is 42.5 Å². The molecule has 11 heteroatoms. The van der Waals surface area contributed by atoms with Crippen molar-refractivity contribution in [2.75, 3.05) is 6.54 Å². The van der Waals surface area contributed by atoms with Gasteiger partial charge in [-0.05, 0) is 35.6 Å². The first-order valence-electron chi connectivity index (χ1n) is 11.9. The molecule has 1 aromatic heterocycles. The molecule has 1 fully saturated rings. The monoisotopic (exact) mass is 539 g/mol. The molecule has 0 radical (unpaired) electrons. The molecule has 1 atom stereocenters. The van der Waals surface area contributed by atoms with Gasteiger partial charge in [-0.25, -0.2) is 0 Å². The second-order valence-corrected chi connectivity index (χ2v) is 9.99. The average molecular weight is 540 g/mol. The van der Waals surface area contributed by atoms with E-state index >= 15 is 0 Å². The quantitative estimate of drug-likeness (QED) is 0.217. The number of carbonyl (C=O) groups excluding carboxylic acids is 3. The van der Waals surface area contributed by atoms with Crippen molar-refractivity contribution in [3.63, 3.8) is 0 Å². The lowest BCUT2D eigenvalue weighted by molar-refractivity contribution is -0.138. The molecule has 38 heavy (non-hydrogen) atoms. The van der Waals surface area contributed by atoms with Crippen LogP contribution in [0.15, 0.2) is 53.9 Å². The van der Waals surface area contributed by atoms with Crippen molar-refractivity contribution in [1.29, 1.82) is 5.41 Å². The van der Waals surface area contributed by atoms with Crippen molar-refractivity contribution in [3.05, 3.63) is 81.0 Å². The number of thiophene rings is 1. The number of fused-ring (bicyclic) bond motifs is 3. The van der Waals surface area contributed by atoms with Crippen molar-refractivity contribution in [2.45, 2.75) is 37.8 Å². The zero-order valence-corrected chi connectivity index (χ0v) is 21.2. The summed E-state index contributed by atoms with van der Waals surface area (Å²) in [6.45, 7) is 0.782. The van der Waals surface area contributed by atoms with Gasteiger partial charge in [0.15, 0.2) is 0 Å². The Morgan fingerprint density at radius 2 is 1.87 bits per heavy atom. The largest absolute Gasteiger partial charge is 0.384 e. The Bertz CT molecular complexity index is 1390. The van der Waals surface area contributed by atoms with Crippen LogP contribution < -0.4 is 16.8 Å². The number of amidine groups is 1. The summed E-state index contributed by atoms with van der Waals surface area (Å²) in [4.78, 5) is 37.0. The van der Waals surface area contributed by atoms with E-state index < -0.39 is 12.0 Å². The van der Waals surface area contributed by atoms with Gasteiger partial charge in [0.2, 0.25) is 18.2 Å². The van der Waals surface area contributed by atoms with Crippen molar-refractivity contribution < 1.29 is 23.2 Å². The lowest BCUT2D eigenvalue weighted by Gasteiger charge is -2.24. The summed E-state index contributed by atoms with van der Waals surface area (Å²) in [6, 6.07) is 12.3. The number of halogens is 2. The molecule has 3 amide bonds. The van der Waals surface area contributed by atoms with Crippen LogP contribution in [0.4, 0.5) is 8.78 Å². The summed E-state index contributed by atoms with van der Waals surface area (Å²) in [5.41, 5.74) is 11.8. The fourth-order valence-electron chi connectivity index (χ4n) is 4.86. The van der Waals surface area contributed by atoms with E-state index in [1.165, 1.54) is 23.5 Å². The molecule has 8 nitrogen and oxygen atoms in total. The Morgan fingerprint density at radius 3 is 2.58 bits per heavy atom. The summed E-state index contributed by atoms with van der Waals surface area (Å²) in [5.74, 6) is -3.50. The van der Waals surface area contributed by atoms with Crippen molar-refractivity contribution in [2.24, 2.45) is 11.5 Å². The van der Waals surface area contributed by atoms with Gasteiger partial charge >= 0.3 is 0 Å². The Balaban J connectivity index is 0.00000107. The van der Waals surface area contributed by atoms with E-state index in [1.807, 2.05) is 0 Å². The lowest BCUT2D eigenvalue weighted by atomic mass is 10.0. The van der Waals surface area contributed by atoms with Gasteiger partial charge in [-0.3, -0.25) is 19.8 Å². The smallest absolute Gasteiger partial charge is 0.299 e. The van der Waals surface area contributed by atoms with Crippen molar-refractivity contribution >= 4 is 35.4 Å². The summed E-state index contributed by atoms with van der Waals surface area (Å²) in [5, 5.41) is 12.1. The molecule has 2 aromatic carbocycles. The van der Waals surface area contributed by atoms with E-state index in [9.17, 15) is 18.4 Å². The molecule has 1 aliphatic heterocycles. The predicted octanol–water partition coefficient (Wildman–Crippen LogP) is 3.10. The zero-order valence-electron chi connectivity index (χ0n) is 20.4. The highest BCUT2D eigenvalue weighted by atomic mass is 32.1. The van der Waals surface area contributed by atoms with Crippen LogP contribution in [-0.4, -0.2) is 41.5 Å². The van der Waals surface area contributed by atoms with E-state index in [1.54, 1.807) is 46.7 Å². The molecule has 0 spiro atoms. The number of nitrogens with zero attached hydrogens (tertiary/aromatic N) is 1. The first-order valence-corrected chi connectivity index (χ1v) is 12.8. The molecule has 3 aromatic rings. The van der Waals surface area contributed by atoms with Crippen molar-refractivity contribution in [1.82, 2.24) is 10.2 Å². The Hall–Kier alpha value is -4.12. The molecule has 2 aliphatic rings. The number of likely N-dealkylation sites (tertiary alicyclic amines) is 1. The van der Waals surface area contributed by atoms with E-state index in [2.05, 4.69) is 11.1 Å². The number of hydrogen-bond acceptors (Lipinski definition) is 5.